The summed E-state index contributed by atoms with van der Waals surface area (Å²) in [5.74, 6) is -0.00973. The van der Waals surface area contributed by atoms with Gasteiger partial charge < -0.3 is 5.73 Å². The second-order valence-corrected chi connectivity index (χ2v) is 4.23. The molecule has 0 amide bonds. The molecule has 2 heterocycles. The molecule has 0 atom stereocenters. The summed E-state index contributed by atoms with van der Waals surface area (Å²) in [6.07, 6.45) is 4.49. The fourth-order valence-corrected chi connectivity index (χ4v) is 2.16. The van der Waals surface area contributed by atoms with Crippen molar-refractivity contribution in [3.8, 4) is 0 Å². The number of anilines is 1. The Hall–Kier alpha value is -2.29. The monoisotopic (exact) mass is 264 g/mol. The van der Waals surface area contributed by atoms with Gasteiger partial charge in [0.1, 0.15) is 10.7 Å². The van der Waals surface area contributed by atoms with Crippen LogP contribution in [0.5, 0.6) is 0 Å². The second kappa shape index (κ2) is 4.92. The van der Waals surface area contributed by atoms with Crippen LogP contribution in [0.3, 0.4) is 0 Å². The van der Waals surface area contributed by atoms with E-state index >= 15 is 0 Å². The van der Waals surface area contributed by atoms with Crippen LogP contribution in [0.1, 0.15) is 5.69 Å². The molecule has 0 aromatic carbocycles. The van der Waals surface area contributed by atoms with Gasteiger partial charge >= 0.3 is 5.69 Å². The maximum absolute atomic E-state index is 11.0. The molecule has 0 unspecified atom stereocenters. The van der Waals surface area contributed by atoms with Crippen molar-refractivity contribution < 1.29 is 4.92 Å². The van der Waals surface area contributed by atoms with Crippen molar-refractivity contribution in [3.05, 3.63) is 34.4 Å². The summed E-state index contributed by atoms with van der Waals surface area (Å²) < 4.78 is 0. The van der Waals surface area contributed by atoms with Crippen LogP contribution in [0.25, 0.3) is 0 Å². The smallest absolute Gasteiger partial charge is 0.322 e. The van der Waals surface area contributed by atoms with Gasteiger partial charge in [-0.15, -0.1) is 0 Å². The molecule has 2 aromatic heterocycles. The summed E-state index contributed by atoms with van der Waals surface area (Å²) >= 11 is 1.02. The molecule has 0 saturated carbocycles. The molecule has 2 rings (SSSR count). The molecule has 2 N–H and O–H groups in total. The van der Waals surface area contributed by atoms with E-state index in [0.717, 1.165) is 11.8 Å². The minimum atomic E-state index is -0.534. The third-order valence-corrected chi connectivity index (χ3v) is 2.86. The summed E-state index contributed by atoms with van der Waals surface area (Å²) in [4.78, 5) is 26.0. The quantitative estimate of drug-likeness (QED) is 0.499. The van der Waals surface area contributed by atoms with E-state index in [-0.39, 0.29) is 22.4 Å². The molecule has 0 bridgehead atoms. The Labute approximate surface area is 106 Å². The molecule has 0 saturated heterocycles. The summed E-state index contributed by atoms with van der Waals surface area (Å²) in [6, 6.07) is 0. The highest BCUT2D eigenvalue weighted by molar-refractivity contribution is 7.99. The predicted octanol–water partition coefficient (Wildman–Crippen LogP) is 1.22. The average molecular weight is 264 g/mol. The Bertz CT molecular complexity index is 591. The zero-order chi connectivity index (χ0) is 13.1. The van der Waals surface area contributed by atoms with Gasteiger partial charge in [-0.3, -0.25) is 15.1 Å². The van der Waals surface area contributed by atoms with E-state index in [1.54, 1.807) is 0 Å². The Kier molecular flexibility index (Phi) is 3.33. The number of aryl methyl sites for hydroxylation is 1. The van der Waals surface area contributed by atoms with Gasteiger partial charge in [0.25, 0.3) is 0 Å². The summed E-state index contributed by atoms with van der Waals surface area (Å²) in [5.41, 5.74) is 5.54. The van der Waals surface area contributed by atoms with E-state index in [4.69, 9.17) is 5.73 Å². The van der Waals surface area contributed by atoms with Crippen LogP contribution in [0, 0.1) is 17.0 Å². The molecule has 8 nitrogen and oxygen atoms in total. The van der Waals surface area contributed by atoms with Gasteiger partial charge in [-0.2, -0.15) is 4.98 Å². The van der Waals surface area contributed by atoms with Crippen LogP contribution in [-0.4, -0.2) is 24.9 Å². The normalized spacial score (nSPS) is 10.3. The van der Waals surface area contributed by atoms with Crippen molar-refractivity contribution in [2.75, 3.05) is 5.73 Å². The van der Waals surface area contributed by atoms with E-state index in [1.165, 1.54) is 25.5 Å². The lowest BCUT2D eigenvalue weighted by molar-refractivity contribution is -0.389. The number of nitrogens with zero attached hydrogens (tertiary/aromatic N) is 5. The Balaban J connectivity index is 2.46. The van der Waals surface area contributed by atoms with Gasteiger partial charge in [0.05, 0.1) is 11.1 Å². The predicted molar refractivity (Wildman–Crippen MR) is 64.0 cm³/mol. The molecule has 18 heavy (non-hydrogen) atoms. The highest BCUT2D eigenvalue weighted by Gasteiger charge is 2.22. The number of hydrogen-bond acceptors (Lipinski definition) is 8. The number of nitrogens with two attached hydrogens (primary N) is 1. The standard InChI is InChI=1S/C9H8N6O2S/c1-5-7(15(16)17)8(14-9(10)13-5)18-6-4-11-2-3-12-6/h2-4H,1H3,(H2,10,13,14). The van der Waals surface area contributed by atoms with Crippen molar-refractivity contribution in [1.29, 1.82) is 0 Å². The highest BCUT2D eigenvalue weighted by atomic mass is 32.2. The number of aromatic nitrogens is 4. The summed E-state index contributed by atoms with van der Waals surface area (Å²) in [7, 11) is 0. The van der Waals surface area contributed by atoms with Gasteiger partial charge in [0.15, 0.2) is 5.03 Å². The van der Waals surface area contributed by atoms with Crippen LogP contribution in [0.2, 0.25) is 0 Å². The van der Waals surface area contributed by atoms with E-state index in [2.05, 4.69) is 19.9 Å². The van der Waals surface area contributed by atoms with E-state index in [1.807, 2.05) is 0 Å². The SMILES string of the molecule is Cc1nc(N)nc(Sc2cnccn2)c1[N+](=O)[O-]. The molecule has 0 aliphatic carbocycles. The van der Waals surface area contributed by atoms with Gasteiger partial charge in [-0.25, -0.2) is 9.97 Å². The second-order valence-electron chi connectivity index (χ2n) is 3.22. The molecule has 0 aliphatic rings. The van der Waals surface area contributed by atoms with Gasteiger partial charge in [0.2, 0.25) is 5.95 Å². The average Bonchev–Trinajstić information content (AvgIpc) is 2.28. The number of hydrogen-bond donors (Lipinski definition) is 1. The summed E-state index contributed by atoms with van der Waals surface area (Å²) in [6.45, 7) is 1.51. The molecule has 9 heteroatoms. The lowest BCUT2D eigenvalue weighted by Gasteiger charge is -2.04. The fourth-order valence-electron chi connectivity index (χ4n) is 1.28. The molecule has 0 aliphatic heterocycles. The highest BCUT2D eigenvalue weighted by Crippen LogP contribution is 2.33. The summed E-state index contributed by atoms with van der Waals surface area (Å²) in [5, 5.41) is 11.6. The van der Waals surface area contributed by atoms with Gasteiger partial charge in [0, 0.05) is 12.4 Å². The van der Waals surface area contributed by atoms with Crippen LogP contribution in [0.4, 0.5) is 11.6 Å². The van der Waals surface area contributed by atoms with E-state index in [9.17, 15) is 10.1 Å². The van der Waals surface area contributed by atoms with Crippen LogP contribution < -0.4 is 5.73 Å². The first kappa shape index (κ1) is 12.2. The molecule has 0 radical (unpaired) electrons. The zero-order valence-corrected chi connectivity index (χ0v) is 10.1. The van der Waals surface area contributed by atoms with Crippen LogP contribution in [-0.2, 0) is 0 Å². The molecular formula is C9H8N6O2S. The first-order valence-electron chi connectivity index (χ1n) is 4.80. The lowest BCUT2D eigenvalue weighted by Crippen LogP contribution is -2.04. The first-order chi connectivity index (χ1) is 8.58. The Morgan fingerprint density at radius 1 is 1.39 bits per heavy atom. The van der Waals surface area contributed by atoms with Crippen molar-refractivity contribution in [2.24, 2.45) is 0 Å². The van der Waals surface area contributed by atoms with E-state index in [0.29, 0.717) is 5.03 Å². The fraction of sp³-hybridized carbons (Fsp3) is 0.111. The van der Waals surface area contributed by atoms with Crippen LogP contribution >= 0.6 is 11.8 Å². The minimum Gasteiger partial charge on any atom is -0.368 e. The first-order valence-corrected chi connectivity index (χ1v) is 5.62. The topological polar surface area (TPSA) is 121 Å². The molecular weight excluding hydrogens is 256 g/mol. The maximum Gasteiger partial charge on any atom is 0.322 e. The number of nitrogen functional groups attached to an aromatic ring is 1. The third-order valence-electron chi connectivity index (χ3n) is 1.97. The molecule has 0 spiro atoms. The van der Waals surface area contributed by atoms with Gasteiger partial charge in [-0.1, -0.05) is 0 Å². The van der Waals surface area contributed by atoms with Crippen LogP contribution in [0.15, 0.2) is 28.6 Å². The maximum atomic E-state index is 11.0. The third kappa shape index (κ3) is 2.51. The van der Waals surface area contributed by atoms with Crippen molar-refractivity contribution in [2.45, 2.75) is 17.0 Å². The zero-order valence-electron chi connectivity index (χ0n) is 9.27. The number of rotatable bonds is 3. The lowest BCUT2D eigenvalue weighted by atomic mass is 10.4. The van der Waals surface area contributed by atoms with E-state index < -0.39 is 4.92 Å². The van der Waals surface area contributed by atoms with Crippen molar-refractivity contribution in [1.82, 2.24) is 19.9 Å². The largest absolute Gasteiger partial charge is 0.368 e. The molecule has 2 aromatic rings. The Morgan fingerprint density at radius 3 is 2.78 bits per heavy atom. The number of nitro groups is 1. The molecule has 92 valence electrons. The minimum absolute atomic E-state index is 0.00973. The van der Waals surface area contributed by atoms with Crippen molar-refractivity contribution >= 4 is 23.4 Å². The van der Waals surface area contributed by atoms with Gasteiger partial charge in [-0.05, 0) is 18.7 Å². The Morgan fingerprint density at radius 2 is 2.17 bits per heavy atom. The molecule has 0 fully saturated rings. The van der Waals surface area contributed by atoms with Crippen molar-refractivity contribution in [3.63, 3.8) is 0 Å².